The van der Waals surface area contributed by atoms with Gasteiger partial charge in [0.25, 0.3) is 0 Å². The van der Waals surface area contributed by atoms with Gasteiger partial charge in [-0.15, -0.1) is 0 Å². The summed E-state index contributed by atoms with van der Waals surface area (Å²) in [5, 5.41) is 0. The van der Waals surface area contributed by atoms with E-state index in [0.717, 1.165) is 75.5 Å². The molecule has 0 heterocycles. The number of esters is 3. The maximum atomic E-state index is 12.7. The maximum Gasteiger partial charge on any atom is 0.306 e. The summed E-state index contributed by atoms with van der Waals surface area (Å²) < 4.78 is 16.7. The van der Waals surface area contributed by atoms with Gasteiger partial charge in [-0.2, -0.15) is 0 Å². The number of carbonyl (C=O) groups is 3. The second-order valence-corrected chi connectivity index (χ2v) is 16.8. The summed E-state index contributed by atoms with van der Waals surface area (Å²) in [6.45, 7) is 13.6. The molecular weight excluding hydrogens is 636 g/mol. The fraction of sp³-hybridized carbons (Fsp3) is 0.933. The molecular formula is C45H86O6. The van der Waals surface area contributed by atoms with Crippen LogP contribution in [0.4, 0.5) is 0 Å². The molecule has 0 rings (SSSR count). The molecule has 0 spiro atoms. The lowest BCUT2D eigenvalue weighted by molar-refractivity contribution is -0.167. The summed E-state index contributed by atoms with van der Waals surface area (Å²) in [4.78, 5) is 37.6. The standard InChI is InChI=1S/C45H86O6/c1-39(2)31-25-19-13-8-7-9-17-24-30-36-45(48)51-42(38-50-44(47)35-29-23-18-12-15-21-27-33-41(5)6)37-49-43(46)34-28-22-16-11-10-14-20-26-32-40(3)4/h39-42H,7-38H2,1-6H3/t42-/m1/s1. The molecule has 51 heavy (non-hydrogen) atoms. The zero-order valence-corrected chi connectivity index (χ0v) is 34.9. The maximum absolute atomic E-state index is 12.7. The van der Waals surface area contributed by atoms with Crippen LogP contribution in [0.25, 0.3) is 0 Å². The van der Waals surface area contributed by atoms with Crippen molar-refractivity contribution >= 4 is 17.9 Å². The van der Waals surface area contributed by atoms with E-state index < -0.39 is 6.10 Å². The zero-order valence-electron chi connectivity index (χ0n) is 34.9. The molecule has 0 fully saturated rings. The summed E-state index contributed by atoms with van der Waals surface area (Å²) >= 11 is 0. The fourth-order valence-corrected chi connectivity index (χ4v) is 6.52. The van der Waals surface area contributed by atoms with Gasteiger partial charge < -0.3 is 14.2 Å². The Kier molecular flexibility index (Phi) is 35.6. The van der Waals surface area contributed by atoms with Gasteiger partial charge in [0, 0.05) is 19.3 Å². The summed E-state index contributed by atoms with van der Waals surface area (Å²) in [6, 6.07) is 0. The molecule has 0 aromatic heterocycles. The van der Waals surface area contributed by atoms with E-state index in [1.54, 1.807) is 0 Å². The van der Waals surface area contributed by atoms with Gasteiger partial charge in [-0.25, -0.2) is 0 Å². The molecule has 0 aromatic carbocycles. The Morgan fingerprint density at radius 1 is 0.333 bits per heavy atom. The largest absolute Gasteiger partial charge is 0.462 e. The van der Waals surface area contributed by atoms with E-state index in [4.69, 9.17) is 14.2 Å². The first-order valence-electron chi connectivity index (χ1n) is 22.1. The molecule has 0 N–H and O–H groups in total. The lowest BCUT2D eigenvalue weighted by atomic mass is 10.0. The summed E-state index contributed by atoms with van der Waals surface area (Å²) in [5.74, 6) is 1.52. The number of carbonyl (C=O) groups excluding carboxylic acids is 3. The van der Waals surface area contributed by atoms with Gasteiger partial charge in [0.15, 0.2) is 6.10 Å². The summed E-state index contributed by atoms with van der Waals surface area (Å²) in [6.07, 6.45) is 32.4. The van der Waals surface area contributed by atoms with Crippen molar-refractivity contribution in [2.24, 2.45) is 17.8 Å². The van der Waals surface area contributed by atoms with E-state index in [-0.39, 0.29) is 31.1 Å². The molecule has 6 nitrogen and oxygen atoms in total. The molecule has 0 unspecified atom stereocenters. The van der Waals surface area contributed by atoms with Gasteiger partial charge in [-0.3, -0.25) is 14.4 Å². The Labute approximate surface area is 317 Å². The Morgan fingerprint density at radius 2 is 0.569 bits per heavy atom. The van der Waals surface area contributed by atoms with Crippen molar-refractivity contribution in [3.63, 3.8) is 0 Å². The molecule has 0 radical (unpaired) electrons. The first kappa shape index (κ1) is 49.4. The van der Waals surface area contributed by atoms with Gasteiger partial charge in [0.05, 0.1) is 0 Å². The van der Waals surface area contributed by atoms with Crippen LogP contribution in [-0.2, 0) is 28.6 Å². The Hall–Kier alpha value is -1.59. The first-order chi connectivity index (χ1) is 24.6. The van der Waals surface area contributed by atoms with E-state index >= 15 is 0 Å². The molecule has 1 atom stereocenters. The Balaban J connectivity index is 4.36. The minimum absolute atomic E-state index is 0.0673. The van der Waals surface area contributed by atoms with Crippen LogP contribution in [0.3, 0.4) is 0 Å². The lowest BCUT2D eigenvalue weighted by Gasteiger charge is -2.18. The third kappa shape index (κ3) is 39.5. The second kappa shape index (κ2) is 36.8. The van der Waals surface area contributed by atoms with Crippen LogP contribution in [-0.4, -0.2) is 37.2 Å². The molecule has 302 valence electrons. The van der Waals surface area contributed by atoms with Gasteiger partial charge in [-0.05, 0) is 37.0 Å². The number of unbranched alkanes of at least 4 members (excludes halogenated alkanes) is 21. The summed E-state index contributed by atoms with van der Waals surface area (Å²) in [5.41, 5.74) is 0. The molecule has 0 saturated heterocycles. The zero-order chi connectivity index (χ0) is 37.8. The number of hydrogen-bond acceptors (Lipinski definition) is 6. The molecule has 0 aliphatic rings. The molecule has 0 aromatic rings. The van der Waals surface area contributed by atoms with E-state index in [2.05, 4.69) is 41.5 Å². The van der Waals surface area contributed by atoms with Crippen molar-refractivity contribution < 1.29 is 28.6 Å². The van der Waals surface area contributed by atoms with Crippen LogP contribution in [0.5, 0.6) is 0 Å². The molecule has 0 aliphatic heterocycles. The summed E-state index contributed by atoms with van der Waals surface area (Å²) in [7, 11) is 0. The highest BCUT2D eigenvalue weighted by Gasteiger charge is 2.19. The van der Waals surface area contributed by atoms with E-state index in [1.165, 1.54) is 116 Å². The highest BCUT2D eigenvalue weighted by Crippen LogP contribution is 2.16. The normalized spacial score (nSPS) is 12.2. The number of hydrogen-bond donors (Lipinski definition) is 0. The predicted octanol–water partition coefficient (Wildman–Crippen LogP) is 13.7. The monoisotopic (exact) mass is 723 g/mol. The van der Waals surface area contributed by atoms with Crippen molar-refractivity contribution in [1.82, 2.24) is 0 Å². The van der Waals surface area contributed by atoms with Gasteiger partial charge in [-0.1, -0.05) is 196 Å². The molecule has 0 aliphatic carbocycles. The van der Waals surface area contributed by atoms with Crippen molar-refractivity contribution in [1.29, 1.82) is 0 Å². The fourth-order valence-electron chi connectivity index (χ4n) is 6.52. The van der Waals surface area contributed by atoms with Gasteiger partial charge in [0.1, 0.15) is 13.2 Å². The smallest absolute Gasteiger partial charge is 0.306 e. The second-order valence-electron chi connectivity index (χ2n) is 16.8. The first-order valence-corrected chi connectivity index (χ1v) is 22.1. The average molecular weight is 723 g/mol. The highest BCUT2D eigenvalue weighted by molar-refractivity contribution is 5.71. The predicted molar refractivity (Wildman–Crippen MR) is 215 cm³/mol. The third-order valence-corrected chi connectivity index (χ3v) is 9.90. The average Bonchev–Trinajstić information content (AvgIpc) is 3.07. The van der Waals surface area contributed by atoms with Crippen LogP contribution in [0, 0.1) is 17.8 Å². The Bertz CT molecular complexity index is 792. The van der Waals surface area contributed by atoms with Crippen molar-refractivity contribution in [2.45, 2.75) is 240 Å². The SMILES string of the molecule is CC(C)CCCCCCCCCCCC(=O)O[C@H](COC(=O)CCCCCCCCCCC(C)C)COC(=O)CCCCCCCCCC(C)C. The molecule has 0 bridgehead atoms. The topological polar surface area (TPSA) is 78.9 Å². The van der Waals surface area contributed by atoms with Crippen LogP contribution >= 0.6 is 0 Å². The lowest BCUT2D eigenvalue weighted by Crippen LogP contribution is -2.30. The quantitative estimate of drug-likeness (QED) is 0.0359. The molecule has 0 saturated carbocycles. The van der Waals surface area contributed by atoms with Crippen molar-refractivity contribution in [3.8, 4) is 0 Å². The minimum atomic E-state index is -0.761. The van der Waals surface area contributed by atoms with E-state index in [0.29, 0.717) is 19.3 Å². The Morgan fingerprint density at radius 3 is 0.843 bits per heavy atom. The van der Waals surface area contributed by atoms with Crippen LogP contribution < -0.4 is 0 Å². The van der Waals surface area contributed by atoms with Crippen molar-refractivity contribution in [2.75, 3.05) is 13.2 Å². The third-order valence-electron chi connectivity index (χ3n) is 9.90. The molecule has 6 heteroatoms. The number of ether oxygens (including phenoxy) is 3. The van der Waals surface area contributed by atoms with E-state index in [1.807, 2.05) is 0 Å². The van der Waals surface area contributed by atoms with Gasteiger partial charge >= 0.3 is 17.9 Å². The van der Waals surface area contributed by atoms with Gasteiger partial charge in [0.2, 0.25) is 0 Å². The van der Waals surface area contributed by atoms with Crippen LogP contribution in [0.15, 0.2) is 0 Å². The van der Waals surface area contributed by atoms with Crippen LogP contribution in [0.2, 0.25) is 0 Å². The minimum Gasteiger partial charge on any atom is -0.462 e. The van der Waals surface area contributed by atoms with E-state index in [9.17, 15) is 14.4 Å². The highest BCUT2D eigenvalue weighted by atomic mass is 16.6. The molecule has 0 amide bonds. The van der Waals surface area contributed by atoms with Crippen molar-refractivity contribution in [3.05, 3.63) is 0 Å². The van der Waals surface area contributed by atoms with Crippen LogP contribution in [0.1, 0.15) is 234 Å². The number of rotatable bonds is 38.